The molecule has 8 rings (SSSR count). The highest BCUT2D eigenvalue weighted by molar-refractivity contribution is 6.02. The first-order chi connectivity index (χ1) is 22.8. The normalized spacial score (nSPS) is 11.8. The summed E-state index contributed by atoms with van der Waals surface area (Å²) < 4.78 is 0. The van der Waals surface area contributed by atoms with Crippen molar-refractivity contribution in [1.82, 2.24) is 19.9 Å². The van der Waals surface area contributed by atoms with Crippen molar-refractivity contribution >= 4 is 50.9 Å². The van der Waals surface area contributed by atoms with Gasteiger partial charge in [-0.1, -0.05) is 89.5 Å². The van der Waals surface area contributed by atoms with E-state index in [9.17, 15) is 10.1 Å². The van der Waals surface area contributed by atoms with Gasteiger partial charge >= 0.3 is 0 Å². The van der Waals surface area contributed by atoms with E-state index in [-0.39, 0.29) is 10.6 Å². The molecule has 0 amide bonds. The molecule has 7 nitrogen and oxygen atoms in total. The molecule has 1 aliphatic rings. The van der Waals surface area contributed by atoms with E-state index in [0.29, 0.717) is 22.3 Å². The van der Waals surface area contributed by atoms with Gasteiger partial charge in [0.25, 0.3) is 5.69 Å². The number of benzene rings is 3. The Labute approximate surface area is 270 Å². The van der Waals surface area contributed by atoms with Crippen molar-refractivity contribution in [2.24, 2.45) is 0 Å². The molecule has 1 aliphatic heterocycles. The molecular formula is C40H31N5O2. The molecule has 0 unspecified atom stereocenters. The maximum absolute atomic E-state index is 12.6. The van der Waals surface area contributed by atoms with Gasteiger partial charge in [0.2, 0.25) is 0 Å². The van der Waals surface area contributed by atoms with Crippen LogP contribution in [0.4, 0.5) is 5.69 Å². The SMILES string of the molecule is Cc1ccc(-c2c3nc(c4cc([N+](=O)[O-])c([nH]4)c(-c4ccc(C)cc4)c4ccc([nH]4)c(-c4ccc(C)cc4)c4ccc2[nH]4)C=C3)cc1. The van der Waals surface area contributed by atoms with Crippen molar-refractivity contribution in [3.05, 3.63) is 141 Å². The molecule has 0 saturated carbocycles. The second-order valence-electron chi connectivity index (χ2n) is 12.2. The van der Waals surface area contributed by atoms with E-state index in [1.165, 1.54) is 11.1 Å². The minimum atomic E-state index is -0.326. The summed E-state index contributed by atoms with van der Waals surface area (Å²) in [6.07, 6.45) is 3.90. The van der Waals surface area contributed by atoms with Crippen molar-refractivity contribution in [1.29, 1.82) is 0 Å². The highest BCUT2D eigenvalue weighted by Gasteiger charge is 2.21. The Kier molecular flexibility index (Phi) is 6.62. The highest BCUT2D eigenvalue weighted by Crippen LogP contribution is 2.38. The standard InChI is InChI=1S/C40H31N5O2/c1-23-4-10-26(11-5-23)37-30-17-16-29(41-30)35-22-36(45(46)47)40(44-35)39(28-14-8-25(3)9-15-28)34-21-20-33(43-34)38(32-19-18-31(37)42-32)27-12-6-24(2)7-13-27/h4-22,42-44H,1-3H3. The number of aryl methyl sites for hydroxylation is 3. The van der Waals surface area contributed by atoms with Crippen molar-refractivity contribution in [3.63, 3.8) is 0 Å². The van der Waals surface area contributed by atoms with Crippen LogP contribution in [0.15, 0.2) is 103 Å². The van der Waals surface area contributed by atoms with Gasteiger partial charge in [0, 0.05) is 44.8 Å². The zero-order valence-electron chi connectivity index (χ0n) is 26.2. The van der Waals surface area contributed by atoms with Crippen LogP contribution >= 0.6 is 0 Å². The summed E-state index contributed by atoms with van der Waals surface area (Å²) in [4.78, 5) is 28.2. The fourth-order valence-corrected chi connectivity index (χ4v) is 6.43. The van der Waals surface area contributed by atoms with Crippen LogP contribution in [0.2, 0.25) is 0 Å². The first-order valence-electron chi connectivity index (χ1n) is 15.6. The molecule has 5 heterocycles. The minimum absolute atomic E-state index is 0.0130. The third kappa shape index (κ3) is 4.98. The maximum atomic E-state index is 12.6. The Morgan fingerprint density at radius 1 is 0.511 bits per heavy atom. The van der Waals surface area contributed by atoms with Gasteiger partial charge in [0.05, 0.1) is 21.8 Å². The van der Waals surface area contributed by atoms with Crippen LogP contribution in [0.3, 0.4) is 0 Å². The molecule has 3 aromatic carbocycles. The van der Waals surface area contributed by atoms with Crippen LogP contribution in [-0.2, 0) is 0 Å². The van der Waals surface area contributed by atoms with E-state index in [1.54, 1.807) is 6.07 Å². The Morgan fingerprint density at radius 2 is 0.936 bits per heavy atom. The lowest BCUT2D eigenvalue weighted by Gasteiger charge is -2.06. The third-order valence-corrected chi connectivity index (χ3v) is 8.89. The van der Waals surface area contributed by atoms with Crippen molar-refractivity contribution < 1.29 is 4.92 Å². The predicted octanol–water partition coefficient (Wildman–Crippen LogP) is 10.5. The number of rotatable bonds is 4. The molecule has 47 heavy (non-hydrogen) atoms. The summed E-state index contributed by atoms with van der Waals surface area (Å²) >= 11 is 0. The predicted molar refractivity (Wildman–Crippen MR) is 192 cm³/mol. The van der Waals surface area contributed by atoms with Crippen molar-refractivity contribution in [2.75, 3.05) is 0 Å². The molecular weight excluding hydrogens is 582 g/mol. The maximum Gasteiger partial charge on any atom is 0.295 e. The Morgan fingerprint density at radius 3 is 1.45 bits per heavy atom. The lowest BCUT2D eigenvalue weighted by molar-refractivity contribution is -0.382. The molecule has 0 saturated heterocycles. The summed E-state index contributed by atoms with van der Waals surface area (Å²) in [6, 6.07) is 34.8. The number of nitrogens with one attached hydrogen (secondary N) is 3. The molecule has 7 heteroatoms. The lowest BCUT2D eigenvalue weighted by Crippen LogP contribution is -1.88. The first kappa shape index (κ1) is 28.3. The van der Waals surface area contributed by atoms with Crippen LogP contribution in [-0.4, -0.2) is 24.9 Å². The Hall–Kier alpha value is -6.21. The van der Waals surface area contributed by atoms with Crippen LogP contribution in [0.5, 0.6) is 0 Å². The Balaban J connectivity index is 1.59. The van der Waals surface area contributed by atoms with Crippen molar-refractivity contribution in [3.8, 4) is 33.4 Å². The van der Waals surface area contributed by atoms with Gasteiger partial charge in [-0.2, -0.15) is 0 Å². The fraction of sp³-hybridized carbons (Fsp3) is 0.0750. The van der Waals surface area contributed by atoms with Crippen LogP contribution in [0.1, 0.15) is 28.1 Å². The number of H-pyrrole nitrogens is 3. The first-order valence-corrected chi connectivity index (χ1v) is 15.6. The molecule has 8 bridgehead atoms. The molecule has 228 valence electrons. The fourth-order valence-electron chi connectivity index (χ4n) is 6.43. The molecule has 0 atom stereocenters. The van der Waals surface area contributed by atoms with E-state index >= 15 is 0 Å². The Bertz CT molecular complexity index is 2490. The number of hydrogen-bond donors (Lipinski definition) is 3. The quantitative estimate of drug-likeness (QED) is 0.136. The molecule has 4 aromatic heterocycles. The number of fused-ring (bicyclic) bond motifs is 9. The molecule has 7 aromatic rings. The van der Waals surface area contributed by atoms with Crippen molar-refractivity contribution in [2.45, 2.75) is 20.8 Å². The number of aromatic amines is 3. The third-order valence-electron chi connectivity index (χ3n) is 8.89. The summed E-state index contributed by atoms with van der Waals surface area (Å²) in [5.41, 5.74) is 14.9. The van der Waals surface area contributed by atoms with Gasteiger partial charge in [-0.3, -0.25) is 10.1 Å². The minimum Gasteiger partial charge on any atom is -0.354 e. The average molecular weight is 614 g/mol. The number of hydrogen-bond acceptors (Lipinski definition) is 3. The zero-order valence-corrected chi connectivity index (χ0v) is 26.2. The van der Waals surface area contributed by atoms with Gasteiger partial charge in [0.15, 0.2) is 0 Å². The largest absolute Gasteiger partial charge is 0.354 e. The summed E-state index contributed by atoms with van der Waals surface area (Å²) in [5, 5.41) is 12.6. The highest BCUT2D eigenvalue weighted by atomic mass is 16.6. The zero-order chi connectivity index (χ0) is 32.2. The molecule has 0 aliphatic carbocycles. The molecule has 0 radical (unpaired) electrons. The molecule has 0 spiro atoms. The lowest BCUT2D eigenvalue weighted by atomic mass is 10.0. The second-order valence-corrected chi connectivity index (χ2v) is 12.2. The number of nitrogens with zero attached hydrogens (tertiary/aromatic N) is 2. The van der Waals surface area contributed by atoms with Gasteiger partial charge in [-0.25, -0.2) is 4.98 Å². The van der Waals surface area contributed by atoms with Crippen LogP contribution in [0.25, 0.3) is 78.6 Å². The summed E-state index contributed by atoms with van der Waals surface area (Å²) in [5.74, 6) is 0. The molecule has 0 fully saturated rings. The summed E-state index contributed by atoms with van der Waals surface area (Å²) in [7, 11) is 0. The van der Waals surface area contributed by atoms with Gasteiger partial charge in [-0.05, 0) is 73.9 Å². The number of aromatic nitrogens is 4. The van der Waals surface area contributed by atoms with E-state index < -0.39 is 0 Å². The van der Waals surface area contributed by atoms with Gasteiger partial charge < -0.3 is 15.0 Å². The smallest absolute Gasteiger partial charge is 0.295 e. The van der Waals surface area contributed by atoms with Crippen LogP contribution in [0, 0.1) is 30.9 Å². The molecule has 3 N–H and O–H groups in total. The second kappa shape index (κ2) is 11.0. The van der Waals surface area contributed by atoms with E-state index in [0.717, 1.165) is 61.1 Å². The van der Waals surface area contributed by atoms with Gasteiger partial charge in [0.1, 0.15) is 5.52 Å². The van der Waals surface area contributed by atoms with E-state index in [2.05, 4.69) is 95.5 Å². The van der Waals surface area contributed by atoms with Crippen LogP contribution < -0.4 is 0 Å². The van der Waals surface area contributed by atoms with E-state index in [4.69, 9.17) is 4.98 Å². The summed E-state index contributed by atoms with van der Waals surface area (Å²) in [6.45, 7) is 6.18. The average Bonchev–Trinajstić information content (AvgIpc) is 3.89. The van der Waals surface area contributed by atoms with E-state index in [1.807, 2.05) is 49.4 Å². The monoisotopic (exact) mass is 613 g/mol. The van der Waals surface area contributed by atoms with Gasteiger partial charge in [-0.15, -0.1) is 0 Å². The number of nitro groups is 1. The topological polar surface area (TPSA) is 103 Å².